The van der Waals surface area contributed by atoms with Crippen LogP contribution in [0.2, 0.25) is 0 Å². The predicted molar refractivity (Wildman–Crippen MR) is 109 cm³/mol. The molecule has 0 bridgehead atoms. The van der Waals surface area contributed by atoms with Crippen LogP contribution >= 0.6 is 24.8 Å². The van der Waals surface area contributed by atoms with Crippen LogP contribution < -0.4 is 10.6 Å². The van der Waals surface area contributed by atoms with Crippen molar-refractivity contribution in [3.8, 4) is 0 Å². The standard InChI is InChI=1S/C18H30N4O.2ClH/c1-3-19-16(2)13-20-18(23)15-22-11-9-21(10-12-22)14-17-7-5-4-6-8-17;;/h4-8,16,19H,3,9-15H2,1-2H3,(H,20,23);2*1H/t16-;;/m1../s1. The molecule has 7 heteroatoms. The lowest BCUT2D eigenvalue weighted by Gasteiger charge is -2.34. The van der Waals surface area contributed by atoms with E-state index in [4.69, 9.17) is 0 Å². The summed E-state index contributed by atoms with van der Waals surface area (Å²) < 4.78 is 0. The first-order valence-electron chi connectivity index (χ1n) is 8.66. The summed E-state index contributed by atoms with van der Waals surface area (Å²) in [7, 11) is 0. The van der Waals surface area contributed by atoms with Crippen LogP contribution in [0.3, 0.4) is 0 Å². The molecule has 5 nitrogen and oxygen atoms in total. The molecule has 1 aliphatic rings. The van der Waals surface area contributed by atoms with Gasteiger partial charge in [0, 0.05) is 45.3 Å². The Kier molecular flexibility index (Phi) is 12.9. The monoisotopic (exact) mass is 390 g/mol. The summed E-state index contributed by atoms with van der Waals surface area (Å²) in [6, 6.07) is 10.9. The SMILES string of the molecule is CCN[C@H](C)CNC(=O)CN1CCN(Cc2ccccc2)CC1.Cl.Cl. The van der Waals surface area contributed by atoms with Gasteiger partial charge >= 0.3 is 0 Å². The van der Waals surface area contributed by atoms with Gasteiger partial charge in [0.25, 0.3) is 0 Å². The average Bonchev–Trinajstić information content (AvgIpc) is 2.56. The highest BCUT2D eigenvalue weighted by atomic mass is 35.5. The van der Waals surface area contributed by atoms with E-state index in [0.29, 0.717) is 19.1 Å². The fraction of sp³-hybridized carbons (Fsp3) is 0.611. The number of nitrogens with zero attached hydrogens (tertiary/aromatic N) is 2. The first-order chi connectivity index (χ1) is 11.2. The van der Waals surface area contributed by atoms with Gasteiger partial charge in [-0.2, -0.15) is 0 Å². The number of hydrogen-bond acceptors (Lipinski definition) is 4. The van der Waals surface area contributed by atoms with Gasteiger partial charge in [0.1, 0.15) is 0 Å². The largest absolute Gasteiger partial charge is 0.353 e. The Morgan fingerprint density at radius 3 is 2.28 bits per heavy atom. The van der Waals surface area contributed by atoms with E-state index in [2.05, 4.69) is 64.6 Å². The van der Waals surface area contributed by atoms with Crippen molar-refractivity contribution < 1.29 is 4.79 Å². The van der Waals surface area contributed by atoms with Gasteiger partial charge < -0.3 is 10.6 Å². The lowest BCUT2D eigenvalue weighted by atomic mass is 10.2. The third-order valence-electron chi connectivity index (χ3n) is 4.24. The maximum atomic E-state index is 12.0. The molecule has 0 radical (unpaired) electrons. The van der Waals surface area contributed by atoms with Crippen molar-refractivity contribution in [3.05, 3.63) is 35.9 Å². The number of benzene rings is 1. The molecular weight excluding hydrogens is 359 g/mol. The van der Waals surface area contributed by atoms with Gasteiger partial charge in [-0.15, -0.1) is 24.8 Å². The number of nitrogens with one attached hydrogen (secondary N) is 2. The normalized spacial score (nSPS) is 16.4. The molecule has 1 aliphatic heterocycles. The molecule has 1 fully saturated rings. The fourth-order valence-corrected chi connectivity index (χ4v) is 2.89. The summed E-state index contributed by atoms with van der Waals surface area (Å²) in [5.74, 6) is 0.131. The molecule has 0 spiro atoms. The molecule has 0 aliphatic carbocycles. The van der Waals surface area contributed by atoms with E-state index in [1.807, 2.05) is 0 Å². The molecule has 144 valence electrons. The zero-order valence-corrected chi connectivity index (χ0v) is 16.9. The van der Waals surface area contributed by atoms with Gasteiger partial charge in [0.15, 0.2) is 0 Å². The van der Waals surface area contributed by atoms with Crippen molar-refractivity contribution in [1.82, 2.24) is 20.4 Å². The first-order valence-corrected chi connectivity index (χ1v) is 8.66. The maximum absolute atomic E-state index is 12.0. The van der Waals surface area contributed by atoms with Crippen LogP contribution in [0.25, 0.3) is 0 Å². The quantitative estimate of drug-likeness (QED) is 0.709. The van der Waals surface area contributed by atoms with Gasteiger partial charge in [-0.1, -0.05) is 37.3 Å². The molecule has 0 saturated carbocycles. The minimum atomic E-state index is 0. The highest BCUT2D eigenvalue weighted by Crippen LogP contribution is 2.08. The number of amides is 1. The highest BCUT2D eigenvalue weighted by Gasteiger charge is 2.19. The number of likely N-dealkylation sites (N-methyl/N-ethyl adjacent to an activating group) is 1. The van der Waals surface area contributed by atoms with Gasteiger partial charge in [0.05, 0.1) is 6.54 Å². The third kappa shape index (κ3) is 9.42. The van der Waals surface area contributed by atoms with E-state index < -0.39 is 0 Å². The van der Waals surface area contributed by atoms with Crippen molar-refractivity contribution in [2.45, 2.75) is 26.4 Å². The number of carbonyl (C=O) groups excluding carboxylic acids is 1. The third-order valence-corrected chi connectivity index (χ3v) is 4.24. The Balaban J connectivity index is 0.00000288. The molecule has 2 rings (SSSR count). The van der Waals surface area contributed by atoms with Crippen molar-refractivity contribution >= 4 is 30.7 Å². The molecular formula is C18H32Cl2N4O. The summed E-state index contributed by atoms with van der Waals surface area (Å²) >= 11 is 0. The first kappa shape index (κ1) is 24.1. The average molecular weight is 391 g/mol. The molecule has 1 atom stereocenters. The van der Waals surface area contributed by atoms with E-state index >= 15 is 0 Å². The molecule has 1 heterocycles. The van der Waals surface area contributed by atoms with Crippen molar-refractivity contribution in [3.63, 3.8) is 0 Å². The highest BCUT2D eigenvalue weighted by molar-refractivity contribution is 5.85. The summed E-state index contributed by atoms with van der Waals surface area (Å²) in [4.78, 5) is 16.7. The Morgan fingerprint density at radius 2 is 1.68 bits per heavy atom. The molecule has 0 unspecified atom stereocenters. The zero-order chi connectivity index (χ0) is 16.5. The van der Waals surface area contributed by atoms with Crippen molar-refractivity contribution in [2.24, 2.45) is 0 Å². The fourth-order valence-electron chi connectivity index (χ4n) is 2.89. The minimum Gasteiger partial charge on any atom is -0.353 e. The summed E-state index contributed by atoms with van der Waals surface area (Å²) in [5, 5.41) is 6.31. The maximum Gasteiger partial charge on any atom is 0.234 e. The number of halogens is 2. The molecule has 1 aromatic carbocycles. The van der Waals surface area contributed by atoms with Crippen LogP contribution in [0.15, 0.2) is 30.3 Å². The Bertz CT molecular complexity index is 467. The number of hydrogen-bond donors (Lipinski definition) is 2. The summed E-state index contributed by atoms with van der Waals surface area (Å²) in [6.07, 6.45) is 0. The van der Waals surface area contributed by atoms with Gasteiger partial charge in [0.2, 0.25) is 5.91 Å². The molecule has 0 aromatic heterocycles. The molecule has 1 amide bonds. The van der Waals surface area contributed by atoms with E-state index in [1.54, 1.807) is 0 Å². The molecule has 1 saturated heterocycles. The Labute approximate surface area is 164 Å². The topological polar surface area (TPSA) is 47.6 Å². The van der Waals surface area contributed by atoms with Crippen LogP contribution in [0.5, 0.6) is 0 Å². The Hall–Kier alpha value is -0.850. The number of piperazine rings is 1. The van der Waals surface area contributed by atoms with Crippen LogP contribution in [0.1, 0.15) is 19.4 Å². The van der Waals surface area contributed by atoms with E-state index in [1.165, 1.54) is 5.56 Å². The van der Waals surface area contributed by atoms with Crippen LogP contribution in [0, 0.1) is 0 Å². The predicted octanol–water partition coefficient (Wildman–Crippen LogP) is 1.76. The van der Waals surface area contributed by atoms with E-state index in [-0.39, 0.29) is 30.7 Å². The van der Waals surface area contributed by atoms with Gasteiger partial charge in [-0.05, 0) is 19.0 Å². The van der Waals surface area contributed by atoms with Gasteiger partial charge in [-0.25, -0.2) is 0 Å². The summed E-state index contributed by atoms with van der Waals surface area (Å²) in [6.45, 7) is 11.3. The van der Waals surface area contributed by atoms with Gasteiger partial charge in [-0.3, -0.25) is 14.6 Å². The lowest BCUT2D eigenvalue weighted by Crippen LogP contribution is -2.50. The Morgan fingerprint density at radius 1 is 1.08 bits per heavy atom. The molecule has 2 N–H and O–H groups in total. The molecule has 25 heavy (non-hydrogen) atoms. The van der Waals surface area contributed by atoms with Crippen LogP contribution in [-0.2, 0) is 11.3 Å². The molecule has 1 aromatic rings. The second-order valence-electron chi connectivity index (χ2n) is 6.30. The zero-order valence-electron chi connectivity index (χ0n) is 15.2. The lowest BCUT2D eigenvalue weighted by molar-refractivity contribution is -0.122. The van der Waals surface area contributed by atoms with Crippen LogP contribution in [-0.4, -0.2) is 67.6 Å². The number of carbonyl (C=O) groups is 1. The van der Waals surface area contributed by atoms with E-state index in [9.17, 15) is 4.79 Å². The second-order valence-corrected chi connectivity index (χ2v) is 6.30. The van der Waals surface area contributed by atoms with Crippen molar-refractivity contribution in [1.29, 1.82) is 0 Å². The van der Waals surface area contributed by atoms with Crippen LogP contribution in [0.4, 0.5) is 0 Å². The summed E-state index contributed by atoms with van der Waals surface area (Å²) in [5.41, 5.74) is 1.36. The number of rotatable bonds is 8. The minimum absolute atomic E-state index is 0. The van der Waals surface area contributed by atoms with E-state index in [0.717, 1.165) is 39.3 Å². The van der Waals surface area contributed by atoms with Crippen molar-refractivity contribution in [2.75, 3.05) is 45.8 Å². The second kappa shape index (κ2) is 13.4. The smallest absolute Gasteiger partial charge is 0.234 e.